The van der Waals surface area contributed by atoms with Crippen molar-refractivity contribution in [1.29, 1.82) is 0 Å². The molecule has 186 valence electrons. The molecule has 3 rings (SSSR count). The highest BCUT2D eigenvalue weighted by Crippen LogP contribution is 2.27. The number of aliphatic hydroxyl groups is 1. The zero-order valence-electron chi connectivity index (χ0n) is 20.3. The van der Waals surface area contributed by atoms with Gasteiger partial charge in [-0.3, -0.25) is 9.59 Å². The van der Waals surface area contributed by atoms with E-state index >= 15 is 0 Å². The van der Waals surface area contributed by atoms with Crippen LogP contribution in [-0.4, -0.2) is 84.3 Å². The highest BCUT2D eigenvalue weighted by molar-refractivity contribution is 5.97. The number of likely N-dealkylation sites (N-methyl/N-ethyl adjacent to an activating group) is 1. The van der Waals surface area contributed by atoms with Gasteiger partial charge in [0.15, 0.2) is 0 Å². The number of hydrogen-bond donors (Lipinski definition) is 1. The molecule has 0 unspecified atom stereocenters. The number of rotatable bonds is 6. The van der Waals surface area contributed by atoms with Crippen molar-refractivity contribution in [3.63, 3.8) is 0 Å². The number of fused-ring (bicyclic) bond motifs is 1. The maximum absolute atomic E-state index is 13.6. The van der Waals surface area contributed by atoms with Crippen LogP contribution < -0.4 is 4.74 Å². The number of amides is 2. The molecular formula is C26H30FN3O5. The fourth-order valence-electron chi connectivity index (χ4n) is 3.79. The summed E-state index contributed by atoms with van der Waals surface area (Å²) in [5.74, 6) is 4.50. The van der Waals surface area contributed by atoms with Crippen molar-refractivity contribution in [2.45, 2.75) is 26.0 Å². The number of pyridine rings is 1. The molecule has 1 aliphatic heterocycles. The Morgan fingerprint density at radius 2 is 2.20 bits per heavy atom. The Hall–Kier alpha value is -3.48. The maximum Gasteiger partial charge on any atom is 0.259 e. The Labute approximate surface area is 204 Å². The second-order valence-corrected chi connectivity index (χ2v) is 8.63. The largest absolute Gasteiger partial charge is 0.472 e. The number of aliphatic hydroxyl groups excluding tert-OH is 1. The van der Waals surface area contributed by atoms with E-state index in [-0.39, 0.29) is 54.5 Å². The summed E-state index contributed by atoms with van der Waals surface area (Å²) in [7, 11) is 3.15. The number of benzene rings is 1. The molecule has 9 heteroatoms. The molecule has 0 radical (unpaired) electrons. The van der Waals surface area contributed by atoms with Gasteiger partial charge in [-0.1, -0.05) is 24.8 Å². The standard InChI is InChI=1S/C26H30FN3O5/c1-17-14-30(18(2)16-31)26(33)22-11-19(7-6-10-34-4)13-28-24(22)35-23(17)15-29(3)25(32)20-8-5-9-21(27)12-20/h5,8-9,11-13,17-18,23,31H,10,14-16H2,1-4H3/t17-,18-,23+/m0/s1. The number of methoxy groups -OCH3 is 1. The molecule has 35 heavy (non-hydrogen) atoms. The van der Waals surface area contributed by atoms with Gasteiger partial charge in [0.25, 0.3) is 11.8 Å². The molecule has 1 N–H and O–H groups in total. The van der Waals surface area contributed by atoms with Crippen molar-refractivity contribution in [3.8, 4) is 17.7 Å². The first-order chi connectivity index (χ1) is 16.7. The second-order valence-electron chi connectivity index (χ2n) is 8.63. The van der Waals surface area contributed by atoms with Crippen molar-refractivity contribution in [2.24, 2.45) is 5.92 Å². The molecule has 0 spiro atoms. The summed E-state index contributed by atoms with van der Waals surface area (Å²) < 4.78 is 24.7. The average molecular weight is 484 g/mol. The minimum atomic E-state index is -0.518. The van der Waals surface area contributed by atoms with Crippen LogP contribution in [0.15, 0.2) is 36.5 Å². The van der Waals surface area contributed by atoms with Crippen molar-refractivity contribution in [1.82, 2.24) is 14.8 Å². The van der Waals surface area contributed by atoms with Gasteiger partial charge in [0.2, 0.25) is 5.88 Å². The molecule has 0 saturated heterocycles. The predicted molar refractivity (Wildman–Crippen MR) is 128 cm³/mol. The number of aromatic nitrogens is 1. The first kappa shape index (κ1) is 26.1. The van der Waals surface area contributed by atoms with Crippen LogP contribution in [0.1, 0.15) is 40.1 Å². The van der Waals surface area contributed by atoms with E-state index in [9.17, 15) is 19.1 Å². The van der Waals surface area contributed by atoms with E-state index in [2.05, 4.69) is 16.8 Å². The van der Waals surface area contributed by atoms with Crippen molar-refractivity contribution in [3.05, 3.63) is 59.0 Å². The number of carbonyl (C=O) groups is 2. The summed E-state index contributed by atoms with van der Waals surface area (Å²) in [4.78, 5) is 33.7. The van der Waals surface area contributed by atoms with Gasteiger partial charge >= 0.3 is 0 Å². The Morgan fingerprint density at radius 3 is 2.89 bits per heavy atom. The normalized spacial score (nSPS) is 18.3. The predicted octanol–water partition coefficient (Wildman–Crippen LogP) is 2.21. The zero-order valence-corrected chi connectivity index (χ0v) is 20.3. The summed E-state index contributed by atoms with van der Waals surface area (Å²) >= 11 is 0. The fraction of sp³-hybridized carbons (Fsp3) is 0.423. The van der Waals surface area contributed by atoms with E-state index in [1.807, 2.05) is 6.92 Å². The zero-order chi connectivity index (χ0) is 25.5. The molecule has 0 bridgehead atoms. The lowest BCUT2D eigenvalue weighted by Gasteiger charge is -2.37. The third-order valence-corrected chi connectivity index (χ3v) is 5.84. The Balaban J connectivity index is 1.93. The highest BCUT2D eigenvalue weighted by Gasteiger charge is 2.34. The van der Waals surface area contributed by atoms with E-state index in [1.54, 1.807) is 31.0 Å². The lowest BCUT2D eigenvalue weighted by atomic mass is 9.99. The topological polar surface area (TPSA) is 92.2 Å². The van der Waals surface area contributed by atoms with Crippen LogP contribution in [0.4, 0.5) is 4.39 Å². The van der Waals surface area contributed by atoms with Gasteiger partial charge < -0.3 is 24.4 Å². The number of ether oxygens (including phenoxy) is 2. The van der Waals surface area contributed by atoms with Crippen LogP contribution in [0.2, 0.25) is 0 Å². The molecule has 0 aliphatic carbocycles. The molecule has 0 saturated carbocycles. The van der Waals surface area contributed by atoms with E-state index in [1.165, 1.54) is 36.4 Å². The second kappa shape index (κ2) is 11.8. The van der Waals surface area contributed by atoms with E-state index in [0.717, 1.165) is 0 Å². The molecule has 0 fully saturated rings. The minimum absolute atomic E-state index is 0.130. The maximum atomic E-state index is 13.6. The van der Waals surface area contributed by atoms with Gasteiger partial charge in [0.05, 0.1) is 19.2 Å². The molecule has 2 aromatic rings. The lowest BCUT2D eigenvalue weighted by molar-refractivity contribution is 0.0313. The minimum Gasteiger partial charge on any atom is -0.472 e. The van der Waals surface area contributed by atoms with Gasteiger partial charge in [-0.15, -0.1) is 0 Å². The third kappa shape index (κ3) is 6.35. The first-order valence-corrected chi connectivity index (χ1v) is 11.3. The SMILES string of the molecule is COCC#Cc1cnc2c(c1)C(=O)N([C@@H](C)CO)C[C@H](C)[C@@H](CN(C)C(=O)c1cccc(F)c1)O2. The van der Waals surface area contributed by atoms with Crippen LogP contribution in [0.5, 0.6) is 5.88 Å². The Kier molecular flexibility index (Phi) is 8.79. The van der Waals surface area contributed by atoms with Crippen LogP contribution in [0.3, 0.4) is 0 Å². The van der Waals surface area contributed by atoms with Crippen molar-refractivity contribution in [2.75, 3.05) is 40.5 Å². The molecule has 8 nitrogen and oxygen atoms in total. The van der Waals surface area contributed by atoms with Gasteiger partial charge in [-0.05, 0) is 31.2 Å². The van der Waals surface area contributed by atoms with E-state index < -0.39 is 18.0 Å². The molecule has 3 atom stereocenters. The molecule has 2 amide bonds. The summed E-state index contributed by atoms with van der Waals surface area (Å²) in [5.41, 5.74) is 0.984. The smallest absolute Gasteiger partial charge is 0.259 e. The molecule has 1 aromatic heterocycles. The summed E-state index contributed by atoms with van der Waals surface area (Å²) in [6.07, 6.45) is 0.996. The quantitative estimate of drug-likeness (QED) is 0.634. The van der Waals surface area contributed by atoms with Gasteiger partial charge in [-0.2, -0.15) is 0 Å². The van der Waals surface area contributed by atoms with Gasteiger partial charge in [0.1, 0.15) is 24.1 Å². The van der Waals surface area contributed by atoms with Crippen LogP contribution in [0.25, 0.3) is 0 Å². The Morgan fingerprint density at radius 1 is 1.43 bits per heavy atom. The van der Waals surface area contributed by atoms with Crippen LogP contribution in [0, 0.1) is 23.6 Å². The summed E-state index contributed by atoms with van der Waals surface area (Å²) in [6.45, 7) is 4.18. The third-order valence-electron chi connectivity index (χ3n) is 5.84. The first-order valence-electron chi connectivity index (χ1n) is 11.3. The Bertz CT molecular complexity index is 1130. The fourth-order valence-corrected chi connectivity index (χ4v) is 3.79. The number of hydrogen-bond acceptors (Lipinski definition) is 6. The number of carbonyl (C=O) groups excluding carboxylic acids is 2. The van der Waals surface area contributed by atoms with Crippen molar-refractivity contribution >= 4 is 11.8 Å². The lowest BCUT2D eigenvalue weighted by Crippen LogP contribution is -2.50. The molecule has 2 heterocycles. The van der Waals surface area contributed by atoms with E-state index in [4.69, 9.17) is 9.47 Å². The van der Waals surface area contributed by atoms with Crippen LogP contribution in [-0.2, 0) is 4.74 Å². The van der Waals surface area contributed by atoms with Crippen molar-refractivity contribution < 1.29 is 28.6 Å². The highest BCUT2D eigenvalue weighted by atomic mass is 19.1. The van der Waals surface area contributed by atoms with Gasteiger partial charge in [-0.25, -0.2) is 9.37 Å². The summed E-state index contributed by atoms with van der Waals surface area (Å²) in [5, 5.41) is 9.77. The van der Waals surface area contributed by atoms with E-state index in [0.29, 0.717) is 12.1 Å². The monoisotopic (exact) mass is 483 g/mol. The summed E-state index contributed by atoms with van der Waals surface area (Å²) in [6, 6.07) is 6.68. The molecular weight excluding hydrogens is 453 g/mol. The van der Waals surface area contributed by atoms with Gasteiger partial charge in [0, 0.05) is 43.9 Å². The molecule has 1 aliphatic rings. The average Bonchev–Trinajstić information content (AvgIpc) is 2.85. The van der Waals surface area contributed by atoms with Crippen LogP contribution >= 0.6 is 0 Å². The molecule has 1 aromatic carbocycles. The number of nitrogens with zero attached hydrogens (tertiary/aromatic N) is 3. The number of halogens is 1.